The maximum absolute atomic E-state index is 6.91. The maximum Gasteiger partial charge on any atom is 0.159 e. The minimum atomic E-state index is -0.630. The van der Waals surface area contributed by atoms with Crippen molar-refractivity contribution in [1.82, 2.24) is 0 Å². The van der Waals surface area contributed by atoms with E-state index in [4.69, 9.17) is 4.42 Å². The fourth-order valence-corrected chi connectivity index (χ4v) is 13.2. The minimum Gasteiger partial charge on any atom is -0.454 e. The SMILES string of the molecule is CC.CC1(C)C2=C(C=CCC2)c2ccc(N(c3ccc4c(c3)C3(c5ccccc5-4)c4ccccc4C(c4ccccc4)(c4ccccc4)c4ccccc43)c3cccc4c3oc3ccccc34)cc21. The van der Waals surface area contributed by atoms with Gasteiger partial charge in [-0.2, -0.15) is 0 Å². The van der Waals surface area contributed by atoms with Gasteiger partial charge in [-0.25, -0.2) is 0 Å². The predicted molar refractivity (Wildman–Crippen MR) is 287 cm³/mol. The Morgan fingerprint density at radius 3 is 1.62 bits per heavy atom. The summed E-state index contributed by atoms with van der Waals surface area (Å²) < 4.78 is 6.91. The summed E-state index contributed by atoms with van der Waals surface area (Å²) in [7, 11) is 0. The molecule has 332 valence electrons. The van der Waals surface area contributed by atoms with Crippen LogP contribution < -0.4 is 4.90 Å². The lowest BCUT2D eigenvalue weighted by Crippen LogP contribution is -2.44. The number of nitrogens with zero attached hydrogens (tertiary/aromatic N) is 1. The molecule has 1 heterocycles. The molecule has 0 unspecified atom stereocenters. The third-order valence-corrected chi connectivity index (χ3v) is 15.9. The summed E-state index contributed by atoms with van der Waals surface area (Å²) in [5.74, 6) is 0. The van der Waals surface area contributed by atoms with Gasteiger partial charge in [-0.15, -0.1) is 0 Å². The van der Waals surface area contributed by atoms with Crippen molar-refractivity contribution in [2.24, 2.45) is 0 Å². The van der Waals surface area contributed by atoms with Crippen molar-refractivity contribution in [2.45, 2.75) is 56.8 Å². The third kappa shape index (κ3) is 5.55. The molecule has 1 spiro atoms. The monoisotopic (exact) mass is 887 g/mol. The first-order chi connectivity index (χ1) is 34.0. The van der Waals surface area contributed by atoms with Gasteiger partial charge >= 0.3 is 0 Å². The van der Waals surface area contributed by atoms with Gasteiger partial charge in [0.25, 0.3) is 0 Å². The summed E-state index contributed by atoms with van der Waals surface area (Å²) in [5.41, 5.74) is 22.2. The molecule has 0 amide bonds. The maximum atomic E-state index is 6.91. The second-order valence-electron chi connectivity index (χ2n) is 19.4. The third-order valence-electron chi connectivity index (χ3n) is 15.9. The second-order valence-corrected chi connectivity index (χ2v) is 19.4. The molecule has 0 saturated carbocycles. The number of rotatable bonds is 5. The highest BCUT2D eigenvalue weighted by Crippen LogP contribution is 2.65. The van der Waals surface area contributed by atoms with Gasteiger partial charge in [0.05, 0.1) is 16.5 Å². The average Bonchev–Trinajstić information content (AvgIpc) is 4.02. The number of fused-ring (bicyclic) bond motifs is 14. The van der Waals surface area contributed by atoms with Crippen LogP contribution in [0.25, 0.3) is 38.6 Å². The Morgan fingerprint density at radius 1 is 0.435 bits per heavy atom. The minimum absolute atomic E-state index is 0.0916. The zero-order valence-electron chi connectivity index (χ0n) is 39.6. The number of hydrogen-bond donors (Lipinski definition) is 0. The van der Waals surface area contributed by atoms with Gasteiger partial charge in [0.15, 0.2) is 5.58 Å². The summed E-state index contributed by atoms with van der Waals surface area (Å²) in [6.45, 7) is 8.83. The second kappa shape index (κ2) is 15.6. The molecule has 4 aliphatic carbocycles. The van der Waals surface area contributed by atoms with Crippen molar-refractivity contribution in [3.05, 3.63) is 286 Å². The topological polar surface area (TPSA) is 16.4 Å². The zero-order chi connectivity index (χ0) is 46.5. The van der Waals surface area contributed by atoms with Crippen molar-refractivity contribution in [1.29, 1.82) is 0 Å². The Balaban J connectivity index is 0.00000232. The van der Waals surface area contributed by atoms with E-state index < -0.39 is 10.8 Å². The van der Waals surface area contributed by atoms with Crippen molar-refractivity contribution < 1.29 is 4.42 Å². The van der Waals surface area contributed by atoms with E-state index in [1.54, 1.807) is 5.57 Å². The lowest BCUT2D eigenvalue weighted by molar-refractivity contribution is 0.607. The molecule has 4 aliphatic rings. The molecule has 0 saturated heterocycles. The normalized spacial score (nSPS) is 15.9. The first-order valence-corrected chi connectivity index (χ1v) is 24.8. The zero-order valence-corrected chi connectivity index (χ0v) is 39.6. The van der Waals surface area contributed by atoms with Gasteiger partial charge in [-0.3, -0.25) is 0 Å². The molecule has 0 bridgehead atoms. The van der Waals surface area contributed by atoms with E-state index in [9.17, 15) is 0 Å². The number of anilines is 3. The van der Waals surface area contributed by atoms with Gasteiger partial charge < -0.3 is 9.32 Å². The predicted octanol–water partition coefficient (Wildman–Crippen LogP) is 17.5. The molecule has 0 aliphatic heterocycles. The van der Waals surface area contributed by atoms with Crippen LogP contribution in [0.5, 0.6) is 0 Å². The highest BCUT2D eigenvalue weighted by molar-refractivity contribution is 6.10. The van der Waals surface area contributed by atoms with E-state index in [0.717, 1.165) is 51.8 Å². The molecule has 1 aromatic heterocycles. The van der Waals surface area contributed by atoms with Crippen LogP contribution in [0.4, 0.5) is 17.1 Å². The van der Waals surface area contributed by atoms with Crippen molar-refractivity contribution >= 4 is 44.6 Å². The number of allylic oxidation sites excluding steroid dienone is 4. The summed E-state index contributed by atoms with van der Waals surface area (Å²) in [6.07, 6.45) is 6.89. The van der Waals surface area contributed by atoms with Gasteiger partial charge in [0.2, 0.25) is 0 Å². The number of para-hydroxylation sites is 2. The molecule has 2 nitrogen and oxygen atoms in total. The summed E-state index contributed by atoms with van der Waals surface area (Å²) >= 11 is 0. The largest absolute Gasteiger partial charge is 0.454 e. The van der Waals surface area contributed by atoms with Crippen LogP contribution in [0.3, 0.4) is 0 Å². The molecule has 0 radical (unpaired) electrons. The van der Waals surface area contributed by atoms with E-state index in [2.05, 4.69) is 243 Å². The Hall–Kier alpha value is -7.94. The Kier molecular flexibility index (Phi) is 9.30. The van der Waals surface area contributed by atoms with Crippen LogP contribution in [-0.4, -0.2) is 0 Å². The highest BCUT2D eigenvalue weighted by atomic mass is 16.3. The molecule has 69 heavy (non-hydrogen) atoms. The molecular weight excluding hydrogens is 835 g/mol. The van der Waals surface area contributed by atoms with Gasteiger partial charge in [-0.05, 0) is 122 Å². The van der Waals surface area contributed by atoms with E-state index in [1.807, 2.05) is 13.8 Å². The van der Waals surface area contributed by atoms with Gasteiger partial charge in [0, 0.05) is 27.6 Å². The van der Waals surface area contributed by atoms with E-state index in [0.29, 0.717) is 0 Å². The van der Waals surface area contributed by atoms with Gasteiger partial charge in [0.1, 0.15) is 5.58 Å². The van der Waals surface area contributed by atoms with Gasteiger partial charge in [-0.1, -0.05) is 221 Å². The lowest BCUT2D eigenvalue weighted by Gasteiger charge is -2.50. The first-order valence-electron chi connectivity index (χ1n) is 24.8. The Labute approximate surface area is 405 Å². The standard InChI is InChI=1S/C65H47NO.C2H6/c1-63(2)52-28-12-9-24-46(52)48-38-36-44(40-58(48)63)66(60-34-19-27-51-50-26-11-18-35-61(50)67-62(51)60)45-37-39-49-47-25-10-13-29-53(47)65(59(49)41-45)56-32-16-14-30-54(56)64(42-20-5-3-6-21-42,43-22-7-4-8-23-43)55-31-15-17-33-57(55)65;1-2/h3-11,13-27,29-41H,12,28H2,1-2H3;1-2H3. The van der Waals surface area contributed by atoms with Crippen LogP contribution in [0.2, 0.25) is 0 Å². The van der Waals surface area contributed by atoms with Crippen LogP contribution >= 0.6 is 0 Å². The van der Waals surface area contributed by atoms with E-state index >= 15 is 0 Å². The summed E-state index contributed by atoms with van der Waals surface area (Å²) in [4.78, 5) is 2.48. The first kappa shape index (κ1) is 41.3. The molecule has 14 rings (SSSR count). The summed E-state index contributed by atoms with van der Waals surface area (Å²) in [5, 5.41) is 2.23. The number of hydrogen-bond acceptors (Lipinski definition) is 2. The molecule has 0 fully saturated rings. The Bertz CT molecular complexity index is 3640. The van der Waals surface area contributed by atoms with Crippen LogP contribution in [-0.2, 0) is 16.2 Å². The fraction of sp³-hybridized carbons (Fsp3) is 0.134. The molecule has 2 heteroatoms. The van der Waals surface area contributed by atoms with Crippen molar-refractivity contribution in [2.75, 3.05) is 4.90 Å². The van der Waals surface area contributed by atoms with Crippen molar-refractivity contribution in [3.8, 4) is 11.1 Å². The lowest BCUT2D eigenvalue weighted by atomic mass is 9.51. The number of benzene rings is 9. The molecule has 10 aromatic rings. The Morgan fingerprint density at radius 2 is 0.957 bits per heavy atom. The average molecular weight is 888 g/mol. The van der Waals surface area contributed by atoms with Crippen LogP contribution in [0.1, 0.15) is 96.2 Å². The van der Waals surface area contributed by atoms with Crippen LogP contribution in [0, 0.1) is 0 Å². The highest BCUT2D eigenvalue weighted by Gasteiger charge is 2.56. The van der Waals surface area contributed by atoms with E-state index in [1.165, 1.54) is 72.3 Å². The number of furan rings is 1. The molecule has 0 atom stereocenters. The van der Waals surface area contributed by atoms with Crippen LogP contribution in [0.15, 0.2) is 234 Å². The molecule has 9 aromatic carbocycles. The van der Waals surface area contributed by atoms with E-state index in [-0.39, 0.29) is 5.41 Å². The fourth-order valence-electron chi connectivity index (χ4n) is 13.2. The molecule has 0 N–H and O–H groups in total. The molecular formula is C67H53NO. The van der Waals surface area contributed by atoms with Crippen molar-refractivity contribution in [3.63, 3.8) is 0 Å². The quantitative estimate of drug-likeness (QED) is 0.171. The summed E-state index contributed by atoms with van der Waals surface area (Å²) in [6, 6.07) is 79.7. The smallest absolute Gasteiger partial charge is 0.159 e.